The van der Waals surface area contributed by atoms with E-state index in [1.165, 1.54) is 0 Å². The van der Waals surface area contributed by atoms with Gasteiger partial charge >= 0.3 is 6.09 Å². The zero-order valence-corrected chi connectivity index (χ0v) is 19.1. The van der Waals surface area contributed by atoms with Crippen molar-refractivity contribution in [1.29, 1.82) is 0 Å². The lowest BCUT2D eigenvalue weighted by molar-refractivity contribution is -0.114. The van der Waals surface area contributed by atoms with Crippen molar-refractivity contribution < 1.29 is 14.3 Å². The van der Waals surface area contributed by atoms with Crippen molar-refractivity contribution in [3.05, 3.63) is 54.4 Å². The number of hydrogen-bond acceptors (Lipinski definition) is 5. The van der Waals surface area contributed by atoms with E-state index in [1.54, 1.807) is 24.5 Å². The summed E-state index contributed by atoms with van der Waals surface area (Å²) in [5.41, 5.74) is 1.86. The van der Waals surface area contributed by atoms with Gasteiger partial charge in [-0.05, 0) is 63.9 Å². The van der Waals surface area contributed by atoms with E-state index < -0.39 is 11.7 Å². The number of amides is 2. The topological polar surface area (TPSA) is 117 Å². The van der Waals surface area contributed by atoms with Crippen LogP contribution in [0.5, 0.6) is 0 Å². The highest BCUT2D eigenvalue weighted by Gasteiger charge is 2.16. The number of rotatable bonds is 8. The number of nitrogens with one attached hydrogen (secondary N) is 4. The fraction of sp³-hybridized carbons (Fsp3) is 0.391. The SMILES string of the molecule is CCNC(=NCC(=O)Nc1cccnc1)NCCc1ccc(NC(=O)OC(C)(C)C)cc1. The molecule has 0 aliphatic carbocycles. The number of aromatic nitrogens is 1. The molecule has 9 nitrogen and oxygen atoms in total. The molecule has 0 bridgehead atoms. The van der Waals surface area contributed by atoms with Gasteiger partial charge in [-0.1, -0.05) is 12.1 Å². The first-order valence-corrected chi connectivity index (χ1v) is 10.6. The highest BCUT2D eigenvalue weighted by molar-refractivity contribution is 5.93. The van der Waals surface area contributed by atoms with Crippen LogP contribution in [0.3, 0.4) is 0 Å². The number of ether oxygens (including phenoxy) is 1. The average Bonchev–Trinajstić information content (AvgIpc) is 2.72. The maximum Gasteiger partial charge on any atom is 0.412 e. The molecule has 0 aliphatic heterocycles. The van der Waals surface area contributed by atoms with E-state index in [1.807, 2.05) is 52.0 Å². The molecule has 172 valence electrons. The standard InChI is InChI=1S/C23H32N6O3/c1-5-25-21(27-16-20(30)28-19-7-6-13-24-15-19)26-14-12-17-8-10-18(11-9-17)29-22(31)32-23(2,3)4/h6-11,13,15H,5,12,14,16H2,1-4H3,(H,28,30)(H,29,31)(H2,25,26,27). The van der Waals surface area contributed by atoms with E-state index >= 15 is 0 Å². The predicted octanol–water partition coefficient (Wildman–Crippen LogP) is 3.16. The summed E-state index contributed by atoms with van der Waals surface area (Å²) in [4.78, 5) is 32.2. The Kier molecular flexibility index (Phi) is 9.46. The zero-order chi connectivity index (χ0) is 23.4. The van der Waals surface area contributed by atoms with Gasteiger partial charge in [0.1, 0.15) is 12.1 Å². The van der Waals surface area contributed by atoms with Gasteiger partial charge in [0.25, 0.3) is 0 Å². The Morgan fingerprint density at radius 2 is 1.78 bits per heavy atom. The van der Waals surface area contributed by atoms with Gasteiger partial charge in [-0.25, -0.2) is 9.79 Å². The third-order valence-electron chi connectivity index (χ3n) is 3.98. The summed E-state index contributed by atoms with van der Waals surface area (Å²) in [6.07, 6.45) is 3.50. The molecule has 2 amide bonds. The van der Waals surface area contributed by atoms with Crippen molar-refractivity contribution in [2.75, 3.05) is 30.3 Å². The molecule has 0 saturated heterocycles. The minimum absolute atomic E-state index is 0.00470. The van der Waals surface area contributed by atoms with E-state index in [4.69, 9.17) is 4.74 Å². The number of carbonyl (C=O) groups is 2. The smallest absolute Gasteiger partial charge is 0.412 e. The van der Waals surface area contributed by atoms with Crippen molar-refractivity contribution in [3.8, 4) is 0 Å². The maximum atomic E-state index is 12.1. The normalized spacial score (nSPS) is 11.4. The number of carbonyl (C=O) groups excluding carboxylic acids is 2. The molecule has 9 heteroatoms. The number of hydrogen-bond donors (Lipinski definition) is 4. The number of pyridine rings is 1. The molecule has 2 aromatic rings. The summed E-state index contributed by atoms with van der Waals surface area (Å²) >= 11 is 0. The molecular formula is C23H32N6O3. The van der Waals surface area contributed by atoms with Crippen LogP contribution in [0.2, 0.25) is 0 Å². The molecule has 0 spiro atoms. The van der Waals surface area contributed by atoms with Crippen LogP contribution in [0.25, 0.3) is 0 Å². The van der Waals surface area contributed by atoms with E-state index in [2.05, 4.69) is 31.2 Å². The van der Waals surface area contributed by atoms with E-state index in [0.29, 0.717) is 30.4 Å². The summed E-state index contributed by atoms with van der Waals surface area (Å²) in [6.45, 7) is 8.73. The van der Waals surface area contributed by atoms with Crippen molar-refractivity contribution >= 4 is 29.3 Å². The molecule has 1 heterocycles. The molecule has 0 unspecified atom stereocenters. The van der Waals surface area contributed by atoms with Gasteiger partial charge < -0.3 is 20.7 Å². The number of anilines is 2. The zero-order valence-electron chi connectivity index (χ0n) is 19.1. The summed E-state index contributed by atoms with van der Waals surface area (Å²) in [6, 6.07) is 11.1. The molecule has 0 fully saturated rings. The van der Waals surface area contributed by atoms with Gasteiger partial charge in [-0.3, -0.25) is 15.1 Å². The lowest BCUT2D eigenvalue weighted by Crippen LogP contribution is -2.39. The summed E-state index contributed by atoms with van der Waals surface area (Å²) in [5.74, 6) is 0.348. The first-order chi connectivity index (χ1) is 15.2. The van der Waals surface area contributed by atoms with Crippen LogP contribution in [0, 0.1) is 0 Å². The van der Waals surface area contributed by atoms with Crippen LogP contribution in [0.15, 0.2) is 53.8 Å². The lowest BCUT2D eigenvalue weighted by atomic mass is 10.1. The molecule has 0 aliphatic rings. The van der Waals surface area contributed by atoms with Gasteiger partial charge in [0.05, 0.1) is 11.9 Å². The Bertz CT molecular complexity index is 892. The summed E-state index contributed by atoms with van der Waals surface area (Å²) in [7, 11) is 0. The summed E-state index contributed by atoms with van der Waals surface area (Å²) < 4.78 is 5.25. The van der Waals surface area contributed by atoms with E-state index in [9.17, 15) is 9.59 Å². The molecule has 0 atom stereocenters. The number of aliphatic imine (C=N–C) groups is 1. The van der Waals surface area contributed by atoms with Crippen LogP contribution in [0.4, 0.5) is 16.2 Å². The van der Waals surface area contributed by atoms with Gasteiger partial charge in [-0.2, -0.15) is 0 Å². The monoisotopic (exact) mass is 440 g/mol. The van der Waals surface area contributed by atoms with Gasteiger partial charge in [0.15, 0.2) is 5.96 Å². The van der Waals surface area contributed by atoms with Gasteiger partial charge in [0, 0.05) is 25.0 Å². The Morgan fingerprint density at radius 3 is 2.41 bits per heavy atom. The quantitative estimate of drug-likeness (QED) is 0.370. The lowest BCUT2D eigenvalue weighted by Gasteiger charge is -2.19. The molecule has 32 heavy (non-hydrogen) atoms. The Morgan fingerprint density at radius 1 is 1.03 bits per heavy atom. The highest BCUT2D eigenvalue weighted by Crippen LogP contribution is 2.13. The van der Waals surface area contributed by atoms with Crippen molar-refractivity contribution in [2.45, 2.75) is 39.7 Å². The predicted molar refractivity (Wildman–Crippen MR) is 127 cm³/mol. The molecular weight excluding hydrogens is 408 g/mol. The Labute approximate surface area is 189 Å². The van der Waals surface area contributed by atoms with Crippen LogP contribution in [-0.2, 0) is 16.0 Å². The Hall–Kier alpha value is -3.62. The number of benzene rings is 1. The molecule has 4 N–H and O–H groups in total. The highest BCUT2D eigenvalue weighted by atomic mass is 16.6. The molecule has 2 rings (SSSR count). The average molecular weight is 441 g/mol. The van der Waals surface area contributed by atoms with Crippen molar-refractivity contribution in [3.63, 3.8) is 0 Å². The second-order valence-corrected chi connectivity index (χ2v) is 7.99. The molecule has 0 radical (unpaired) electrons. The van der Waals surface area contributed by atoms with Crippen molar-refractivity contribution in [1.82, 2.24) is 15.6 Å². The second-order valence-electron chi connectivity index (χ2n) is 7.99. The molecule has 1 aromatic heterocycles. The summed E-state index contributed by atoms with van der Waals surface area (Å²) in [5, 5.41) is 11.8. The van der Waals surface area contributed by atoms with Gasteiger partial charge in [0.2, 0.25) is 5.91 Å². The first-order valence-electron chi connectivity index (χ1n) is 10.6. The minimum atomic E-state index is -0.541. The third kappa shape index (κ3) is 9.92. The number of nitrogens with zero attached hydrogens (tertiary/aromatic N) is 2. The first kappa shape index (κ1) is 24.6. The maximum absolute atomic E-state index is 12.1. The van der Waals surface area contributed by atoms with Crippen LogP contribution < -0.4 is 21.3 Å². The van der Waals surface area contributed by atoms with E-state index in [0.717, 1.165) is 12.0 Å². The van der Waals surface area contributed by atoms with Crippen LogP contribution in [0.1, 0.15) is 33.3 Å². The van der Waals surface area contributed by atoms with Crippen LogP contribution in [-0.4, -0.2) is 48.2 Å². The minimum Gasteiger partial charge on any atom is -0.444 e. The third-order valence-corrected chi connectivity index (χ3v) is 3.98. The molecule has 1 aromatic carbocycles. The fourth-order valence-electron chi connectivity index (χ4n) is 2.63. The molecule has 0 saturated carbocycles. The largest absolute Gasteiger partial charge is 0.444 e. The van der Waals surface area contributed by atoms with Crippen molar-refractivity contribution in [2.24, 2.45) is 4.99 Å². The Balaban J connectivity index is 1.79. The number of guanidine groups is 1. The second kappa shape index (κ2) is 12.3. The van der Waals surface area contributed by atoms with Gasteiger partial charge in [-0.15, -0.1) is 0 Å². The van der Waals surface area contributed by atoms with Crippen LogP contribution >= 0.6 is 0 Å². The fourth-order valence-corrected chi connectivity index (χ4v) is 2.63. The van der Waals surface area contributed by atoms with E-state index in [-0.39, 0.29) is 12.5 Å².